The zero-order valence-electron chi connectivity index (χ0n) is 13.3. The number of carbonyl (C=O) groups excluding carboxylic acids is 1. The first-order valence-corrected chi connectivity index (χ1v) is 8.37. The molecule has 1 amide bonds. The van der Waals surface area contributed by atoms with Crippen molar-refractivity contribution in [2.45, 2.75) is 45.1 Å². The van der Waals surface area contributed by atoms with Gasteiger partial charge in [-0.05, 0) is 56.2 Å². The molecule has 0 spiro atoms. The van der Waals surface area contributed by atoms with E-state index in [9.17, 15) is 4.79 Å². The van der Waals surface area contributed by atoms with Gasteiger partial charge in [-0.15, -0.1) is 0 Å². The van der Waals surface area contributed by atoms with Gasteiger partial charge in [-0.25, -0.2) is 4.79 Å². The maximum Gasteiger partial charge on any atom is 0.414 e. The maximum atomic E-state index is 12.6. The molecule has 1 aromatic rings. The van der Waals surface area contributed by atoms with E-state index in [1.54, 1.807) is 0 Å². The molecule has 2 fully saturated rings. The first-order chi connectivity index (χ1) is 10.7. The van der Waals surface area contributed by atoms with E-state index in [4.69, 9.17) is 4.74 Å². The second-order valence-corrected chi connectivity index (χ2v) is 7.06. The Bertz CT molecular complexity index is 632. The second-order valence-electron chi connectivity index (χ2n) is 7.06. The molecule has 0 bridgehead atoms. The van der Waals surface area contributed by atoms with Crippen LogP contribution in [0.15, 0.2) is 35.9 Å². The van der Waals surface area contributed by atoms with Crippen LogP contribution < -0.4 is 4.90 Å². The molecule has 1 heterocycles. The summed E-state index contributed by atoms with van der Waals surface area (Å²) in [6.07, 6.45) is 5.67. The Balaban J connectivity index is 1.61. The number of para-hydroxylation sites is 1. The lowest BCUT2D eigenvalue weighted by molar-refractivity contribution is 0.114. The summed E-state index contributed by atoms with van der Waals surface area (Å²) in [5, 5.41) is 0. The van der Waals surface area contributed by atoms with Gasteiger partial charge < -0.3 is 4.74 Å². The quantitative estimate of drug-likeness (QED) is 0.753. The highest BCUT2D eigenvalue weighted by Crippen LogP contribution is 2.63. The summed E-state index contributed by atoms with van der Waals surface area (Å²) in [4.78, 5) is 14.6. The van der Waals surface area contributed by atoms with E-state index in [1.807, 2.05) is 30.9 Å². The molecule has 3 aliphatic rings. The smallest absolute Gasteiger partial charge is 0.414 e. The number of hydrogen-bond acceptors (Lipinski definition) is 2. The van der Waals surface area contributed by atoms with Gasteiger partial charge in [0.25, 0.3) is 0 Å². The highest BCUT2D eigenvalue weighted by atomic mass is 16.6. The molecule has 0 radical (unpaired) electrons. The van der Waals surface area contributed by atoms with Crippen LogP contribution in [0.5, 0.6) is 0 Å². The molecule has 2 aliphatic carbocycles. The van der Waals surface area contributed by atoms with Crippen molar-refractivity contribution in [3.63, 3.8) is 0 Å². The third-order valence-electron chi connectivity index (χ3n) is 5.64. The van der Waals surface area contributed by atoms with E-state index in [-0.39, 0.29) is 6.09 Å². The maximum absolute atomic E-state index is 12.6. The Morgan fingerprint density at radius 2 is 2.05 bits per heavy atom. The highest BCUT2D eigenvalue weighted by Gasteiger charge is 2.60. The monoisotopic (exact) mass is 297 g/mol. The molecule has 0 saturated heterocycles. The molecule has 1 aliphatic heterocycles. The fraction of sp³-hybridized carbons (Fsp3) is 0.526. The molecule has 2 saturated carbocycles. The van der Waals surface area contributed by atoms with Gasteiger partial charge in [0.1, 0.15) is 6.61 Å². The van der Waals surface area contributed by atoms with Crippen molar-refractivity contribution in [1.29, 1.82) is 0 Å². The zero-order valence-corrected chi connectivity index (χ0v) is 13.3. The molecular formula is C19H23NO2. The van der Waals surface area contributed by atoms with Gasteiger partial charge in [0, 0.05) is 5.92 Å². The Morgan fingerprint density at radius 3 is 2.86 bits per heavy atom. The fourth-order valence-corrected chi connectivity index (χ4v) is 4.75. The fourth-order valence-electron chi connectivity index (χ4n) is 4.75. The second kappa shape index (κ2) is 5.15. The van der Waals surface area contributed by atoms with Crippen LogP contribution in [-0.4, -0.2) is 18.7 Å². The van der Waals surface area contributed by atoms with Gasteiger partial charge in [-0.3, -0.25) is 4.90 Å². The number of anilines is 1. The minimum Gasteiger partial charge on any atom is -0.445 e. The number of carbonyl (C=O) groups is 1. The number of nitrogens with zero attached hydrogens (tertiary/aromatic N) is 1. The van der Waals surface area contributed by atoms with Gasteiger partial charge in [-0.2, -0.15) is 0 Å². The summed E-state index contributed by atoms with van der Waals surface area (Å²) < 4.78 is 5.51. The van der Waals surface area contributed by atoms with Gasteiger partial charge in [0.05, 0.1) is 11.7 Å². The van der Waals surface area contributed by atoms with Crippen molar-refractivity contribution in [3.05, 3.63) is 41.5 Å². The van der Waals surface area contributed by atoms with E-state index in [0.29, 0.717) is 24.5 Å². The number of ether oxygens (including phenoxy) is 1. The molecular weight excluding hydrogens is 274 g/mol. The van der Waals surface area contributed by atoms with Gasteiger partial charge in [-0.1, -0.05) is 30.2 Å². The van der Waals surface area contributed by atoms with Gasteiger partial charge in [0.2, 0.25) is 0 Å². The average molecular weight is 297 g/mol. The minimum atomic E-state index is -0.178. The lowest BCUT2D eigenvalue weighted by atomic mass is 9.61. The summed E-state index contributed by atoms with van der Waals surface area (Å²) in [5.74, 6) is 2.00. The third-order valence-corrected chi connectivity index (χ3v) is 5.64. The molecule has 0 unspecified atom stereocenters. The molecule has 0 N–H and O–H groups in total. The normalized spacial score (nSPS) is 30.9. The van der Waals surface area contributed by atoms with E-state index >= 15 is 0 Å². The lowest BCUT2D eigenvalue weighted by Gasteiger charge is -2.47. The largest absolute Gasteiger partial charge is 0.445 e. The lowest BCUT2D eigenvalue weighted by Crippen LogP contribution is -2.54. The van der Waals surface area contributed by atoms with E-state index in [2.05, 4.69) is 18.2 Å². The Kier molecular flexibility index (Phi) is 3.24. The topological polar surface area (TPSA) is 29.5 Å². The molecule has 116 valence electrons. The first-order valence-electron chi connectivity index (χ1n) is 8.37. The number of amides is 1. The predicted octanol–water partition coefficient (Wildman–Crippen LogP) is 4.49. The summed E-state index contributed by atoms with van der Waals surface area (Å²) in [7, 11) is 0. The summed E-state index contributed by atoms with van der Waals surface area (Å²) in [6.45, 7) is 4.40. The molecule has 22 heavy (non-hydrogen) atoms. The number of fused-ring (bicyclic) bond motifs is 6. The van der Waals surface area contributed by atoms with Crippen LogP contribution in [0.2, 0.25) is 0 Å². The number of hydrogen-bond donors (Lipinski definition) is 0. The number of rotatable bonds is 2. The molecule has 0 aromatic heterocycles. The van der Waals surface area contributed by atoms with E-state index in [1.165, 1.54) is 30.4 Å². The van der Waals surface area contributed by atoms with E-state index in [0.717, 1.165) is 11.6 Å². The average Bonchev–Trinajstić information content (AvgIpc) is 3.00. The number of allylic oxidation sites excluding steroid dienone is 1. The SMILES string of the molecule is CC(C)=CCOC(=O)N1c2ccccc2[C@@H]2[C@H]3CCC[C@H]3[C@@H]21. The summed E-state index contributed by atoms with van der Waals surface area (Å²) in [6, 6.07) is 8.73. The molecule has 3 heteroatoms. The molecule has 4 rings (SSSR count). The van der Waals surface area contributed by atoms with E-state index < -0.39 is 0 Å². The molecule has 3 nitrogen and oxygen atoms in total. The van der Waals surface area contributed by atoms with Crippen LogP contribution in [-0.2, 0) is 4.74 Å². The van der Waals surface area contributed by atoms with Gasteiger partial charge in [0.15, 0.2) is 0 Å². The minimum absolute atomic E-state index is 0.178. The zero-order chi connectivity index (χ0) is 15.3. The van der Waals surface area contributed by atoms with Crippen molar-refractivity contribution in [1.82, 2.24) is 0 Å². The van der Waals surface area contributed by atoms with Crippen LogP contribution in [0, 0.1) is 11.8 Å². The Labute approximate surface area is 132 Å². The van der Waals surface area contributed by atoms with Crippen molar-refractivity contribution in [2.24, 2.45) is 11.8 Å². The predicted molar refractivity (Wildman–Crippen MR) is 87.1 cm³/mol. The standard InChI is InChI=1S/C19H23NO2/c1-12(2)10-11-22-19(21)20-16-9-4-3-6-15(16)17-13-7-5-8-14(13)18(17)20/h3-4,6,9-10,13-14,17-18H,5,7-8,11H2,1-2H3/t13-,14+,17-,18-/m0/s1. The van der Waals surface area contributed by atoms with Crippen molar-refractivity contribution in [2.75, 3.05) is 11.5 Å². The van der Waals surface area contributed by atoms with Crippen molar-refractivity contribution < 1.29 is 9.53 Å². The molecule has 1 aromatic carbocycles. The highest BCUT2D eigenvalue weighted by molar-refractivity contribution is 5.92. The molecule has 4 atom stereocenters. The van der Waals surface area contributed by atoms with Crippen LogP contribution in [0.1, 0.15) is 44.6 Å². The van der Waals surface area contributed by atoms with Crippen LogP contribution in [0.4, 0.5) is 10.5 Å². The Hall–Kier alpha value is -1.77. The van der Waals surface area contributed by atoms with Crippen molar-refractivity contribution in [3.8, 4) is 0 Å². The summed E-state index contributed by atoms with van der Waals surface area (Å²) >= 11 is 0. The number of benzene rings is 1. The van der Waals surface area contributed by atoms with Crippen LogP contribution in [0.3, 0.4) is 0 Å². The summed E-state index contributed by atoms with van der Waals surface area (Å²) in [5.41, 5.74) is 3.61. The van der Waals surface area contributed by atoms with Gasteiger partial charge >= 0.3 is 6.09 Å². The Morgan fingerprint density at radius 1 is 1.27 bits per heavy atom. The van der Waals surface area contributed by atoms with Crippen molar-refractivity contribution >= 4 is 11.8 Å². The third kappa shape index (κ3) is 1.91. The van der Waals surface area contributed by atoms with Crippen LogP contribution in [0.25, 0.3) is 0 Å². The first kappa shape index (κ1) is 13.9. The van der Waals surface area contributed by atoms with Crippen LogP contribution >= 0.6 is 0 Å².